The summed E-state index contributed by atoms with van der Waals surface area (Å²) in [5.41, 5.74) is 4.84. The minimum absolute atomic E-state index is 0.0422. The molecule has 0 heterocycles. The summed E-state index contributed by atoms with van der Waals surface area (Å²) in [6, 6.07) is 12.7. The molecule has 0 unspecified atom stereocenters. The van der Waals surface area contributed by atoms with Crippen LogP contribution in [0.1, 0.15) is 11.5 Å². The van der Waals surface area contributed by atoms with Crippen molar-refractivity contribution in [2.24, 2.45) is 11.1 Å². The number of hydrogen-bond acceptors (Lipinski definition) is 4. The molecule has 3 N–H and O–H groups in total. The summed E-state index contributed by atoms with van der Waals surface area (Å²) in [5, 5.41) is 9.02. The molecule has 3 atom stereocenters. The number of halogens is 2. The van der Waals surface area contributed by atoms with E-state index in [1.165, 1.54) is 24.3 Å². The van der Waals surface area contributed by atoms with Crippen LogP contribution in [0, 0.1) is 5.41 Å². The van der Waals surface area contributed by atoms with Crippen LogP contribution >= 0.6 is 27.5 Å². The maximum Gasteiger partial charge on any atom is 0.312 e. The van der Waals surface area contributed by atoms with Gasteiger partial charge in [0, 0.05) is 22.0 Å². The first kappa shape index (κ1) is 18.4. The highest BCUT2D eigenvalue weighted by atomic mass is 79.9. The smallest absolute Gasteiger partial charge is 0.312 e. The summed E-state index contributed by atoms with van der Waals surface area (Å²) in [7, 11) is -3.89. The Balaban J connectivity index is 2.10. The lowest BCUT2D eigenvalue weighted by atomic mass is 9.99. The normalized spacial score (nSPS) is 25.6. The molecule has 3 rings (SSSR count). The standard InChI is InChI=1S/C17H15BrClNO4S/c18-11-3-1-10(2-4-11)14-15(17(14,9-20)16(21)22)25(23,24)13-7-5-12(19)6-8-13/h1-8,14-15H,9,20H2,(H,21,22)/t14-,15+,17+/m1/s1. The minimum atomic E-state index is -3.89. The van der Waals surface area contributed by atoms with Crippen molar-refractivity contribution in [1.29, 1.82) is 0 Å². The lowest BCUT2D eigenvalue weighted by Crippen LogP contribution is -2.31. The van der Waals surface area contributed by atoms with E-state index in [0.29, 0.717) is 10.6 Å². The van der Waals surface area contributed by atoms with Gasteiger partial charge < -0.3 is 10.8 Å². The molecule has 25 heavy (non-hydrogen) atoms. The predicted octanol–water partition coefficient (Wildman–Crippen LogP) is 3.07. The van der Waals surface area contributed by atoms with Gasteiger partial charge in [-0.05, 0) is 42.0 Å². The second-order valence-corrected chi connectivity index (χ2v) is 9.42. The average molecular weight is 445 g/mol. The van der Waals surface area contributed by atoms with Crippen LogP contribution in [0.4, 0.5) is 0 Å². The second kappa shape index (κ2) is 6.39. The maximum absolute atomic E-state index is 13.1. The van der Waals surface area contributed by atoms with E-state index in [9.17, 15) is 18.3 Å². The molecule has 0 saturated heterocycles. The maximum atomic E-state index is 13.1. The molecular formula is C17H15BrClNO4S. The van der Waals surface area contributed by atoms with E-state index in [1.807, 2.05) is 0 Å². The highest BCUT2D eigenvalue weighted by Gasteiger charge is 2.75. The molecule has 1 aliphatic carbocycles. The van der Waals surface area contributed by atoms with E-state index in [1.54, 1.807) is 24.3 Å². The molecule has 5 nitrogen and oxygen atoms in total. The largest absolute Gasteiger partial charge is 0.481 e. The molecule has 0 spiro atoms. The third-order valence-electron chi connectivity index (χ3n) is 4.70. The summed E-state index contributed by atoms with van der Waals surface area (Å²) in [6.45, 7) is -0.263. The Labute approximate surface area is 158 Å². The second-order valence-electron chi connectivity index (χ2n) is 6.00. The molecule has 1 saturated carbocycles. The van der Waals surface area contributed by atoms with Gasteiger partial charge in [-0.25, -0.2) is 8.42 Å². The van der Waals surface area contributed by atoms with Crippen molar-refractivity contribution in [3.05, 3.63) is 63.6 Å². The number of sulfone groups is 1. The van der Waals surface area contributed by atoms with E-state index in [0.717, 1.165) is 4.47 Å². The van der Waals surface area contributed by atoms with Crippen LogP contribution in [0.15, 0.2) is 57.9 Å². The van der Waals surface area contributed by atoms with Crippen LogP contribution in [0.25, 0.3) is 0 Å². The highest BCUT2D eigenvalue weighted by Crippen LogP contribution is 2.63. The van der Waals surface area contributed by atoms with Crippen LogP contribution in [0.3, 0.4) is 0 Å². The van der Waals surface area contributed by atoms with E-state index in [2.05, 4.69) is 15.9 Å². The average Bonchev–Trinajstić information content (AvgIpc) is 3.27. The van der Waals surface area contributed by atoms with Crippen molar-refractivity contribution < 1.29 is 18.3 Å². The fourth-order valence-electron chi connectivity index (χ4n) is 3.36. The van der Waals surface area contributed by atoms with Gasteiger partial charge in [-0.3, -0.25) is 4.79 Å². The topological polar surface area (TPSA) is 97.5 Å². The molecule has 132 valence electrons. The lowest BCUT2D eigenvalue weighted by molar-refractivity contribution is -0.143. The summed E-state index contributed by atoms with van der Waals surface area (Å²) in [4.78, 5) is 12.0. The highest BCUT2D eigenvalue weighted by molar-refractivity contribution is 9.10. The van der Waals surface area contributed by atoms with Crippen LogP contribution < -0.4 is 5.73 Å². The van der Waals surface area contributed by atoms with Gasteiger partial charge in [0.2, 0.25) is 0 Å². The monoisotopic (exact) mass is 443 g/mol. The first-order chi connectivity index (χ1) is 11.7. The van der Waals surface area contributed by atoms with Crippen molar-refractivity contribution in [2.75, 3.05) is 6.54 Å². The van der Waals surface area contributed by atoms with Crippen molar-refractivity contribution in [1.82, 2.24) is 0 Å². The Morgan fingerprint density at radius 1 is 1.16 bits per heavy atom. The first-order valence-electron chi connectivity index (χ1n) is 7.43. The lowest BCUT2D eigenvalue weighted by Gasteiger charge is -2.10. The molecule has 8 heteroatoms. The van der Waals surface area contributed by atoms with Crippen molar-refractivity contribution in [3.8, 4) is 0 Å². The number of hydrogen-bond donors (Lipinski definition) is 2. The van der Waals surface area contributed by atoms with Gasteiger partial charge in [0.05, 0.1) is 10.1 Å². The summed E-state index contributed by atoms with van der Waals surface area (Å²) < 4.78 is 27.0. The van der Waals surface area contributed by atoms with Crippen LogP contribution in [0.5, 0.6) is 0 Å². The Morgan fingerprint density at radius 2 is 1.72 bits per heavy atom. The molecule has 0 aromatic heterocycles. The zero-order valence-electron chi connectivity index (χ0n) is 12.9. The van der Waals surface area contributed by atoms with E-state index >= 15 is 0 Å². The van der Waals surface area contributed by atoms with Crippen molar-refractivity contribution in [3.63, 3.8) is 0 Å². The Hall–Kier alpha value is -1.41. The first-order valence-corrected chi connectivity index (χ1v) is 10.2. The number of aliphatic carboxylic acids is 1. The molecule has 1 aliphatic rings. The van der Waals surface area contributed by atoms with Gasteiger partial charge in [-0.2, -0.15) is 0 Å². The molecule has 2 aromatic carbocycles. The van der Waals surface area contributed by atoms with Crippen LogP contribution in [0.2, 0.25) is 5.02 Å². The molecule has 1 fully saturated rings. The van der Waals surface area contributed by atoms with Gasteiger partial charge in [-0.15, -0.1) is 0 Å². The molecule has 0 amide bonds. The number of carbonyl (C=O) groups is 1. The van der Waals surface area contributed by atoms with Gasteiger partial charge in [0.15, 0.2) is 9.84 Å². The Kier molecular flexibility index (Phi) is 4.70. The van der Waals surface area contributed by atoms with Crippen LogP contribution in [-0.2, 0) is 14.6 Å². The molecular weight excluding hydrogens is 430 g/mol. The minimum Gasteiger partial charge on any atom is -0.481 e. The number of benzene rings is 2. The number of nitrogens with two attached hydrogens (primary N) is 1. The zero-order valence-corrected chi connectivity index (χ0v) is 16.1. The van der Waals surface area contributed by atoms with E-state index < -0.39 is 32.4 Å². The van der Waals surface area contributed by atoms with Crippen LogP contribution in [-0.4, -0.2) is 31.3 Å². The quantitative estimate of drug-likeness (QED) is 0.738. The predicted molar refractivity (Wildman–Crippen MR) is 98.4 cm³/mol. The van der Waals surface area contributed by atoms with Crippen molar-refractivity contribution >= 4 is 43.3 Å². The number of rotatable bonds is 5. The summed E-state index contributed by atoms with van der Waals surface area (Å²) >= 11 is 9.13. The molecule has 0 bridgehead atoms. The third-order valence-corrected chi connectivity index (χ3v) is 7.77. The Bertz CT molecular complexity index is 915. The van der Waals surface area contributed by atoms with Crippen molar-refractivity contribution in [2.45, 2.75) is 16.1 Å². The van der Waals surface area contributed by atoms with Gasteiger partial charge >= 0.3 is 5.97 Å². The summed E-state index contributed by atoms with van der Waals surface area (Å²) in [5.74, 6) is -1.91. The molecule has 0 aliphatic heterocycles. The number of carboxylic acids is 1. The Morgan fingerprint density at radius 3 is 2.20 bits per heavy atom. The van der Waals surface area contributed by atoms with E-state index in [4.69, 9.17) is 17.3 Å². The number of carboxylic acid groups (broad SMARTS) is 1. The van der Waals surface area contributed by atoms with Gasteiger partial charge in [-0.1, -0.05) is 39.7 Å². The fourth-order valence-corrected chi connectivity index (χ4v) is 6.14. The van der Waals surface area contributed by atoms with E-state index in [-0.39, 0.29) is 11.4 Å². The molecule has 2 aromatic rings. The fraction of sp³-hybridized carbons (Fsp3) is 0.235. The SMILES string of the molecule is NC[C@]1(C(=O)O)[C@H](c2ccc(Br)cc2)[C@@H]1S(=O)(=O)c1ccc(Cl)cc1. The third kappa shape index (κ3) is 2.89. The zero-order chi connectivity index (χ0) is 18.4. The van der Waals surface area contributed by atoms with Gasteiger partial charge in [0.1, 0.15) is 5.41 Å². The molecule has 0 radical (unpaired) electrons. The van der Waals surface area contributed by atoms with Gasteiger partial charge in [0.25, 0.3) is 0 Å². The summed E-state index contributed by atoms with van der Waals surface area (Å²) in [6.07, 6.45) is 0.